The van der Waals surface area contributed by atoms with Gasteiger partial charge in [-0.15, -0.1) is 0 Å². The number of fused-ring (bicyclic) bond motifs is 1. The van der Waals surface area contributed by atoms with Crippen LogP contribution in [0.4, 0.5) is 0 Å². The minimum Gasteiger partial charge on any atom is -0.198 e. The number of nitrogens with zero attached hydrogens (tertiary/aromatic N) is 2. The molecule has 2 aromatic carbocycles. The first-order chi connectivity index (χ1) is 14.1. The largest absolute Gasteiger partial charge is 0.299 e. The van der Waals surface area contributed by atoms with Gasteiger partial charge in [-0.05, 0) is 62.4 Å². The molecule has 1 unspecified atom stereocenters. The molecule has 2 nitrogen and oxygen atoms in total. The molecule has 148 valence electrons. The molecule has 1 saturated carbocycles. The van der Waals surface area contributed by atoms with Crippen molar-refractivity contribution in [3.05, 3.63) is 77.6 Å². The normalized spacial score (nSPS) is 21.5. The third-order valence-electron chi connectivity index (χ3n) is 7.28. The van der Waals surface area contributed by atoms with Gasteiger partial charge in [0.2, 0.25) is 0 Å². The molecular formula is C27H31N2+. The Morgan fingerprint density at radius 2 is 1.59 bits per heavy atom. The van der Waals surface area contributed by atoms with Gasteiger partial charge in [-0.1, -0.05) is 55.7 Å². The second-order valence-corrected chi connectivity index (χ2v) is 9.05. The van der Waals surface area contributed by atoms with Crippen LogP contribution in [0, 0.1) is 19.8 Å². The van der Waals surface area contributed by atoms with Crippen molar-refractivity contribution in [2.45, 2.75) is 58.3 Å². The van der Waals surface area contributed by atoms with Gasteiger partial charge in [0.05, 0.1) is 17.2 Å². The fourth-order valence-electron chi connectivity index (χ4n) is 5.75. The highest BCUT2D eigenvalue weighted by molar-refractivity contribution is 5.61. The maximum Gasteiger partial charge on any atom is 0.299 e. The standard InChI is InChI=1S/C27H31N2/c1-20-12-10-11-17-24(20)29-21(2)25-27(3,23-15-8-5-9-16-23)18-19-28(25)26(29)22-13-6-4-7-14-22/h4,6-7,10-14,17-19,23H,5,8-9,15-16H2,1-3H3/q+1. The Morgan fingerprint density at radius 3 is 2.31 bits per heavy atom. The topological polar surface area (TPSA) is 8.81 Å². The van der Waals surface area contributed by atoms with Gasteiger partial charge in [0.1, 0.15) is 5.69 Å². The summed E-state index contributed by atoms with van der Waals surface area (Å²) in [6.45, 7) is 7.01. The highest BCUT2D eigenvalue weighted by Gasteiger charge is 2.48. The molecule has 2 heteroatoms. The number of rotatable bonds is 3. The summed E-state index contributed by atoms with van der Waals surface area (Å²) in [4.78, 5) is 0. The van der Waals surface area contributed by atoms with Crippen LogP contribution in [0.3, 0.4) is 0 Å². The van der Waals surface area contributed by atoms with Crippen molar-refractivity contribution >= 4 is 6.20 Å². The Labute approximate surface area is 174 Å². The Balaban J connectivity index is 1.78. The van der Waals surface area contributed by atoms with Crippen LogP contribution in [-0.4, -0.2) is 4.57 Å². The summed E-state index contributed by atoms with van der Waals surface area (Å²) >= 11 is 0. The lowest BCUT2D eigenvalue weighted by Gasteiger charge is -2.34. The summed E-state index contributed by atoms with van der Waals surface area (Å²) in [6, 6.07) is 19.6. The number of para-hydroxylation sites is 1. The van der Waals surface area contributed by atoms with Crippen LogP contribution in [0.5, 0.6) is 0 Å². The first-order valence-corrected chi connectivity index (χ1v) is 11.1. The van der Waals surface area contributed by atoms with E-state index in [0.29, 0.717) is 0 Å². The summed E-state index contributed by atoms with van der Waals surface area (Å²) in [5.74, 6) is 2.00. The van der Waals surface area contributed by atoms with E-state index >= 15 is 0 Å². The van der Waals surface area contributed by atoms with Gasteiger partial charge in [0.15, 0.2) is 11.4 Å². The molecule has 0 amide bonds. The van der Waals surface area contributed by atoms with Crippen LogP contribution in [0.25, 0.3) is 23.3 Å². The van der Waals surface area contributed by atoms with Gasteiger partial charge in [-0.25, -0.2) is 0 Å². The molecule has 1 atom stereocenters. The zero-order valence-electron chi connectivity index (χ0n) is 17.9. The van der Waals surface area contributed by atoms with Gasteiger partial charge in [0.25, 0.3) is 5.82 Å². The first kappa shape index (κ1) is 18.4. The SMILES string of the molecule is Cc1ccccc1-n1c(C)c2[n+](c1-c1ccccc1)C=CC2(C)C1CCCCC1. The van der Waals surface area contributed by atoms with Gasteiger partial charge >= 0.3 is 0 Å². The summed E-state index contributed by atoms with van der Waals surface area (Å²) in [5, 5.41) is 0. The highest BCUT2D eigenvalue weighted by atomic mass is 15.2. The van der Waals surface area contributed by atoms with Gasteiger partial charge < -0.3 is 0 Å². The van der Waals surface area contributed by atoms with E-state index in [1.54, 1.807) is 0 Å². The first-order valence-electron chi connectivity index (χ1n) is 11.1. The molecule has 1 aromatic heterocycles. The Bertz CT molecular complexity index is 1070. The van der Waals surface area contributed by atoms with Crippen molar-refractivity contribution in [2.24, 2.45) is 5.92 Å². The van der Waals surface area contributed by atoms with Crippen molar-refractivity contribution in [3.63, 3.8) is 0 Å². The van der Waals surface area contributed by atoms with E-state index in [1.165, 1.54) is 66.1 Å². The minimum atomic E-state index is 0.113. The van der Waals surface area contributed by atoms with Gasteiger partial charge in [-0.3, -0.25) is 0 Å². The molecule has 1 aliphatic carbocycles. The van der Waals surface area contributed by atoms with Crippen LogP contribution >= 0.6 is 0 Å². The van der Waals surface area contributed by atoms with Crippen LogP contribution in [-0.2, 0) is 5.41 Å². The second-order valence-electron chi connectivity index (χ2n) is 9.05. The summed E-state index contributed by atoms with van der Waals surface area (Å²) in [7, 11) is 0. The maximum atomic E-state index is 2.49. The Kier molecular flexibility index (Phi) is 4.46. The van der Waals surface area contributed by atoms with E-state index in [4.69, 9.17) is 0 Å². The van der Waals surface area contributed by atoms with Crippen molar-refractivity contribution in [3.8, 4) is 17.1 Å². The van der Waals surface area contributed by atoms with Gasteiger partial charge in [-0.2, -0.15) is 9.13 Å². The predicted octanol–water partition coefficient (Wildman–Crippen LogP) is 6.37. The fraction of sp³-hybridized carbons (Fsp3) is 0.370. The molecule has 0 bridgehead atoms. The van der Waals surface area contributed by atoms with Crippen LogP contribution in [0.2, 0.25) is 0 Å². The molecular weight excluding hydrogens is 352 g/mol. The van der Waals surface area contributed by atoms with E-state index in [0.717, 1.165) is 5.92 Å². The van der Waals surface area contributed by atoms with E-state index in [9.17, 15) is 0 Å². The number of aryl methyl sites for hydroxylation is 1. The Hall–Kier alpha value is -2.61. The summed E-state index contributed by atoms with van der Waals surface area (Å²) in [5.41, 5.74) is 6.82. The third-order valence-corrected chi connectivity index (χ3v) is 7.28. The van der Waals surface area contributed by atoms with Crippen LogP contribution in [0.1, 0.15) is 56.0 Å². The van der Waals surface area contributed by atoms with E-state index in [-0.39, 0.29) is 5.41 Å². The second kappa shape index (κ2) is 7.02. The van der Waals surface area contributed by atoms with Crippen LogP contribution < -0.4 is 4.57 Å². The number of allylic oxidation sites excluding steroid dienone is 1. The molecule has 1 fully saturated rings. The van der Waals surface area contributed by atoms with E-state index in [1.807, 2.05) is 0 Å². The van der Waals surface area contributed by atoms with Crippen molar-refractivity contribution in [2.75, 3.05) is 0 Å². The molecule has 2 heterocycles. The molecule has 29 heavy (non-hydrogen) atoms. The monoisotopic (exact) mass is 383 g/mol. The predicted molar refractivity (Wildman–Crippen MR) is 120 cm³/mol. The zero-order chi connectivity index (χ0) is 20.0. The van der Waals surface area contributed by atoms with Crippen molar-refractivity contribution in [1.82, 2.24) is 4.57 Å². The summed E-state index contributed by atoms with van der Waals surface area (Å²) in [6.07, 6.45) is 11.7. The van der Waals surface area contributed by atoms with E-state index in [2.05, 4.69) is 96.8 Å². The third kappa shape index (κ3) is 2.80. The Morgan fingerprint density at radius 1 is 0.897 bits per heavy atom. The molecule has 1 aliphatic heterocycles. The number of hydrogen-bond acceptors (Lipinski definition) is 0. The average Bonchev–Trinajstić information content (AvgIpc) is 3.26. The number of imidazole rings is 1. The quantitative estimate of drug-likeness (QED) is 0.465. The minimum absolute atomic E-state index is 0.113. The van der Waals surface area contributed by atoms with Crippen molar-refractivity contribution in [1.29, 1.82) is 0 Å². The zero-order valence-corrected chi connectivity index (χ0v) is 17.9. The molecule has 0 N–H and O–H groups in total. The average molecular weight is 384 g/mol. The van der Waals surface area contributed by atoms with Crippen LogP contribution in [0.15, 0.2) is 60.7 Å². The maximum absolute atomic E-state index is 2.49. The van der Waals surface area contributed by atoms with E-state index < -0.39 is 0 Å². The molecule has 0 radical (unpaired) electrons. The fourth-order valence-corrected chi connectivity index (χ4v) is 5.75. The lowest BCUT2D eigenvalue weighted by Crippen LogP contribution is -2.38. The number of aromatic nitrogens is 2. The van der Waals surface area contributed by atoms with Gasteiger partial charge in [0, 0.05) is 6.92 Å². The number of benzene rings is 2. The lowest BCUT2D eigenvalue weighted by atomic mass is 9.68. The van der Waals surface area contributed by atoms with Crippen molar-refractivity contribution < 1.29 is 4.57 Å². The molecule has 3 aromatic rings. The number of hydrogen-bond donors (Lipinski definition) is 0. The smallest absolute Gasteiger partial charge is 0.198 e. The molecule has 0 saturated heterocycles. The molecule has 2 aliphatic rings. The summed E-state index contributed by atoms with van der Waals surface area (Å²) < 4.78 is 4.97. The lowest BCUT2D eigenvalue weighted by molar-refractivity contribution is -0.562. The molecule has 5 rings (SSSR count). The highest BCUT2D eigenvalue weighted by Crippen LogP contribution is 2.45. The molecule has 0 spiro atoms.